The number of alkyl halides is 3. The quantitative estimate of drug-likeness (QED) is 0.413. The van der Waals surface area contributed by atoms with E-state index in [0.29, 0.717) is 38.4 Å². The summed E-state index contributed by atoms with van der Waals surface area (Å²) in [6, 6.07) is 10.6. The van der Waals surface area contributed by atoms with Gasteiger partial charge < -0.3 is 9.64 Å². The van der Waals surface area contributed by atoms with Gasteiger partial charge in [-0.15, -0.1) is 0 Å². The van der Waals surface area contributed by atoms with Crippen LogP contribution in [0.3, 0.4) is 0 Å². The second-order valence-electron chi connectivity index (χ2n) is 10.4. The number of anilines is 1. The number of nitriles is 1. The Labute approximate surface area is 211 Å². The van der Waals surface area contributed by atoms with Gasteiger partial charge in [0.1, 0.15) is 5.82 Å². The van der Waals surface area contributed by atoms with Crippen molar-refractivity contribution in [3.8, 4) is 6.07 Å². The van der Waals surface area contributed by atoms with Crippen LogP contribution in [0, 0.1) is 29.0 Å². The fourth-order valence-electron chi connectivity index (χ4n) is 6.23. The lowest BCUT2D eigenvalue weighted by atomic mass is 9.67. The summed E-state index contributed by atoms with van der Waals surface area (Å²) < 4.78 is 60.3. The summed E-state index contributed by atoms with van der Waals surface area (Å²) in [6.45, 7) is 2.87. The molecule has 2 amide bonds. The van der Waals surface area contributed by atoms with Crippen molar-refractivity contribution in [1.29, 1.82) is 5.26 Å². The number of carbonyl (C=O) groups is 2. The highest BCUT2D eigenvalue weighted by Crippen LogP contribution is 2.62. The molecule has 0 aliphatic carbocycles. The Morgan fingerprint density at radius 3 is 2.43 bits per heavy atom. The second kappa shape index (κ2) is 8.64. The molecule has 3 heterocycles. The molecule has 0 N–H and O–H groups in total. The van der Waals surface area contributed by atoms with Crippen molar-refractivity contribution in [3.05, 3.63) is 65.0 Å². The number of hydrogen-bond donors (Lipinski definition) is 0. The Balaban J connectivity index is 1.40. The first-order valence-electron chi connectivity index (χ1n) is 12.0. The largest absolute Gasteiger partial charge is 0.417 e. The highest BCUT2D eigenvalue weighted by molar-refractivity contribution is 6.23. The van der Waals surface area contributed by atoms with Crippen LogP contribution in [0.1, 0.15) is 42.9 Å². The van der Waals surface area contributed by atoms with Gasteiger partial charge in [-0.1, -0.05) is 12.1 Å². The number of fused-ring (bicyclic) bond motifs is 5. The third kappa shape index (κ3) is 4.10. The SMILES string of the molecule is CN(CCC12CCC(C)(O1)[C@H]1C(=O)N(c3ccc(C#N)c(C(F)(F)F)c3)C(=O)C12)Cc1ccc(F)cc1. The Kier molecular flexibility index (Phi) is 5.92. The highest BCUT2D eigenvalue weighted by atomic mass is 19.4. The number of ether oxygens (including phenoxy) is 1. The van der Waals surface area contributed by atoms with E-state index in [4.69, 9.17) is 10.00 Å². The van der Waals surface area contributed by atoms with E-state index in [9.17, 15) is 27.2 Å². The van der Waals surface area contributed by atoms with E-state index in [1.54, 1.807) is 19.1 Å². The van der Waals surface area contributed by atoms with Gasteiger partial charge in [0, 0.05) is 13.1 Å². The van der Waals surface area contributed by atoms with Gasteiger partial charge in [-0.2, -0.15) is 18.4 Å². The Morgan fingerprint density at radius 2 is 1.78 bits per heavy atom. The van der Waals surface area contributed by atoms with Crippen molar-refractivity contribution < 1.29 is 31.9 Å². The number of rotatable bonds is 6. The third-order valence-electron chi connectivity index (χ3n) is 7.98. The fraction of sp³-hybridized carbons (Fsp3) is 0.444. The fourth-order valence-corrected chi connectivity index (χ4v) is 6.23. The van der Waals surface area contributed by atoms with Crippen LogP contribution >= 0.6 is 0 Å². The lowest BCUT2D eigenvalue weighted by Gasteiger charge is -2.32. The van der Waals surface area contributed by atoms with Gasteiger partial charge >= 0.3 is 6.18 Å². The predicted octanol–water partition coefficient (Wildman–Crippen LogP) is 4.67. The normalized spacial score (nSPS) is 28.8. The van der Waals surface area contributed by atoms with Gasteiger partial charge in [0.2, 0.25) is 11.8 Å². The summed E-state index contributed by atoms with van der Waals surface area (Å²) in [4.78, 5) is 30.0. The smallest absolute Gasteiger partial charge is 0.367 e. The molecule has 37 heavy (non-hydrogen) atoms. The van der Waals surface area contributed by atoms with Crippen LogP contribution in [0.4, 0.5) is 23.2 Å². The molecule has 0 aromatic heterocycles. The molecule has 10 heteroatoms. The number of nitrogens with zero attached hydrogens (tertiary/aromatic N) is 3. The molecule has 2 aromatic rings. The summed E-state index contributed by atoms with van der Waals surface area (Å²) in [5.74, 6) is -3.06. The Hall–Kier alpha value is -3.29. The molecule has 0 radical (unpaired) electrons. The van der Waals surface area contributed by atoms with Crippen molar-refractivity contribution in [2.24, 2.45) is 11.8 Å². The van der Waals surface area contributed by atoms with Crippen molar-refractivity contribution in [2.45, 2.75) is 50.1 Å². The minimum atomic E-state index is -4.81. The maximum absolute atomic E-state index is 13.6. The van der Waals surface area contributed by atoms with Gasteiger partial charge in [-0.3, -0.25) is 9.59 Å². The van der Waals surface area contributed by atoms with Crippen LogP contribution in [-0.2, 0) is 27.0 Å². The molecule has 194 valence electrons. The van der Waals surface area contributed by atoms with Gasteiger partial charge in [0.25, 0.3) is 0 Å². The lowest BCUT2D eigenvalue weighted by Crippen LogP contribution is -2.44. The molecule has 3 aliphatic heterocycles. The molecule has 3 unspecified atom stereocenters. The van der Waals surface area contributed by atoms with E-state index < -0.39 is 52.2 Å². The number of imide groups is 1. The number of hydrogen-bond acceptors (Lipinski definition) is 5. The zero-order valence-electron chi connectivity index (χ0n) is 20.3. The van der Waals surface area contributed by atoms with Crippen molar-refractivity contribution in [3.63, 3.8) is 0 Å². The molecule has 3 saturated heterocycles. The number of halogens is 4. The van der Waals surface area contributed by atoms with Crippen molar-refractivity contribution in [2.75, 3.05) is 18.5 Å². The molecule has 4 atom stereocenters. The lowest BCUT2D eigenvalue weighted by molar-refractivity contribution is -0.138. The first-order chi connectivity index (χ1) is 17.4. The second-order valence-corrected chi connectivity index (χ2v) is 10.4. The summed E-state index contributed by atoms with van der Waals surface area (Å²) in [7, 11) is 1.89. The topological polar surface area (TPSA) is 73.6 Å². The summed E-state index contributed by atoms with van der Waals surface area (Å²) in [6.07, 6.45) is -3.24. The predicted molar refractivity (Wildman–Crippen MR) is 124 cm³/mol. The van der Waals surface area contributed by atoms with Crippen LogP contribution < -0.4 is 4.90 Å². The van der Waals surface area contributed by atoms with E-state index in [2.05, 4.69) is 0 Å². The van der Waals surface area contributed by atoms with Crippen LogP contribution in [0.15, 0.2) is 42.5 Å². The number of carbonyl (C=O) groups excluding carboxylic acids is 2. The van der Waals surface area contributed by atoms with Gasteiger partial charge in [0.05, 0.1) is 45.9 Å². The van der Waals surface area contributed by atoms with Crippen molar-refractivity contribution in [1.82, 2.24) is 4.90 Å². The van der Waals surface area contributed by atoms with E-state index >= 15 is 0 Å². The molecule has 6 nitrogen and oxygen atoms in total. The third-order valence-corrected chi connectivity index (χ3v) is 7.98. The Bertz CT molecular complexity index is 1310. The maximum atomic E-state index is 13.6. The average Bonchev–Trinajstić information content (AvgIpc) is 3.43. The zero-order valence-corrected chi connectivity index (χ0v) is 20.3. The zero-order chi connectivity index (χ0) is 26.8. The molecular weight excluding hydrogens is 490 g/mol. The molecule has 0 saturated carbocycles. The maximum Gasteiger partial charge on any atom is 0.417 e. The van der Waals surface area contributed by atoms with Crippen molar-refractivity contribution >= 4 is 17.5 Å². The molecule has 5 rings (SSSR count). The van der Waals surface area contributed by atoms with Crippen LogP contribution in [0.25, 0.3) is 0 Å². The van der Waals surface area contributed by atoms with Gasteiger partial charge in [0.15, 0.2) is 0 Å². The molecule has 2 bridgehead atoms. The molecular formula is C27H25F4N3O3. The first-order valence-corrected chi connectivity index (χ1v) is 12.0. The molecule has 3 aliphatic rings. The number of benzene rings is 2. The van der Waals surface area contributed by atoms with E-state index in [1.807, 2.05) is 11.9 Å². The standard InChI is InChI=1S/C27H25F4N3O3/c1-25-9-10-26(37-25,11-12-33(2)15-16-3-6-18(28)7-4-16)22-21(25)23(35)34(24(22)36)19-8-5-17(14-32)20(13-19)27(29,30)31/h3-8,13,21-22H,9-12,15H2,1-2H3/t21-,22?,25?,26?/m1/s1. The van der Waals surface area contributed by atoms with Crippen LogP contribution in [-0.4, -0.2) is 41.5 Å². The highest BCUT2D eigenvalue weighted by Gasteiger charge is 2.73. The summed E-state index contributed by atoms with van der Waals surface area (Å²) in [5.41, 5.74) is -2.83. The van der Waals surface area contributed by atoms with Gasteiger partial charge in [-0.05, 0) is 69.1 Å². The number of amides is 2. The molecule has 3 fully saturated rings. The molecule has 0 spiro atoms. The summed E-state index contributed by atoms with van der Waals surface area (Å²) >= 11 is 0. The van der Waals surface area contributed by atoms with Crippen LogP contribution in [0.2, 0.25) is 0 Å². The Morgan fingerprint density at radius 1 is 1.11 bits per heavy atom. The minimum absolute atomic E-state index is 0.192. The summed E-state index contributed by atoms with van der Waals surface area (Å²) in [5, 5.41) is 9.09. The van der Waals surface area contributed by atoms with E-state index in [-0.39, 0.29) is 11.5 Å². The first kappa shape index (κ1) is 25.4. The molecule has 2 aromatic carbocycles. The minimum Gasteiger partial charge on any atom is -0.367 e. The van der Waals surface area contributed by atoms with Gasteiger partial charge in [-0.25, -0.2) is 9.29 Å². The van der Waals surface area contributed by atoms with Crippen LogP contribution in [0.5, 0.6) is 0 Å². The average molecular weight is 516 g/mol. The monoisotopic (exact) mass is 515 g/mol. The van der Waals surface area contributed by atoms with E-state index in [1.165, 1.54) is 24.3 Å². The van der Waals surface area contributed by atoms with E-state index in [0.717, 1.165) is 16.5 Å².